The molecule has 0 N–H and O–H groups in total. The molecule has 1 aromatic carbocycles. The molecule has 0 spiro atoms. The summed E-state index contributed by atoms with van der Waals surface area (Å²) in [6.45, 7) is 4.86. The van der Waals surface area contributed by atoms with E-state index in [-0.39, 0.29) is 17.9 Å². The van der Waals surface area contributed by atoms with Crippen LogP contribution in [0.2, 0.25) is 0 Å². The van der Waals surface area contributed by atoms with E-state index in [9.17, 15) is 9.59 Å². The standard InChI is InChI=1S/C21H29N5O3/c1-23-17-7-4-3-6-16(17)19(22-23)21(28)25-10-5-9-24(12-13-25)18-8-11-26(20(18)27)14-15-29-2/h3-4,6-7,18H,5,8-15H2,1-2H3/t18-/m0/s1. The minimum Gasteiger partial charge on any atom is -0.383 e. The molecular formula is C21H29N5O3. The molecular weight excluding hydrogens is 370 g/mol. The Kier molecular flexibility index (Phi) is 5.82. The molecule has 0 aliphatic carbocycles. The third kappa shape index (κ3) is 3.86. The van der Waals surface area contributed by atoms with E-state index in [1.807, 2.05) is 41.1 Å². The minimum atomic E-state index is -0.0717. The fraction of sp³-hybridized carbons (Fsp3) is 0.571. The van der Waals surface area contributed by atoms with Gasteiger partial charge in [0.15, 0.2) is 5.69 Å². The zero-order valence-electron chi connectivity index (χ0n) is 17.2. The van der Waals surface area contributed by atoms with E-state index in [0.29, 0.717) is 38.5 Å². The molecule has 4 rings (SSSR count). The van der Waals surface area contributed by atoms with Crippen molar-refractivity contribution in [3.05, 3.63) is 30.0 Å². The van der Waals surface area contributed by atoms with E-state index >= 15 is 0 Å². The van der Waals surface area contributed by atoms with Crippen LogP contribution in [0.15, 0.2) is 24.3 Å². The fourth-order valence-electron chi connectivity index (χ4n) is 4.46. The van der Waals surface area contributed by atoms with Gasteiger partial charge in [-0.1, -0.05) is 18.2 Å². The minimum absolute atomic E-state index is 0.0249. The molecule has 2 saturated heterocycles. The highest BCUT2D eigenvalue weighted by molar-refractivity contribution is 6.04. The van der Waals surface area contributed by atoms with Gasteiger partial charge in [0, 0.05) is 58.8 Å². The Morgan fingerprint density at radius 1 is 1.17 bits per heavy atom. The first-order valence-corrected chi connectivity index (χ1v) is 10.3. The number of methoxy groups -OCH3 is 1. The van der Waals surface area contributed by atoms with Gasteiger partial charge in [0.1, 0.15) is 0 Å². The first-order chi connectivity index (χ1) is 14.1. The van der Waals surface area contributed by atoms with Crippen LogP contribution in [0, 0.1) is 0 Å². The second kappa shape index (κ2) is 8.51. The third-order valence-electron chi connectivity index (χ3n) is 6.05. The second-order valence-electron chi connectivity index (χ2n) is 7.79. The Bertz CT molecular complexity index is 896. The normalized spacial score (nSPS) is 21.2. The van der Waals surface area contributed by atoms with Gasteiger partial charge < -0.3 is 14.5 Å². The molecule has 1 atom stereocenters. The lowest BCUT2D eigenvalue weighted by atomic mass is 10.2. The van der Waals surface area contributed by atoms with Crippen molar-refractivity contribution in [1.29, 1.82) is 0 Å². The molecule has 156 valence electrons. The van der Waals surface area contributed by atoms with E-state index in [1.165, 1.54) is 0 Å². The van der Waals surface area contributed by atoms with Crippen LogP contribution in [0.1, 0.15) is 23.3 Å². The van der Waals surface area contributed by atoms with Crippen LogP contribution >= 0.6 is 0 Å². The summed E-state index contributed by atoms with van der Waals surface area (Å²) in [5.74, 6) is 0.167. The number of hydrogen-bond donors (Lipinski definition) is 0. The number of carbonyl (C=O) groups is 2. The van der Waals surface area contributed by atoms with Crippen molar-refractivity contribution < 1.29 is 14.3 Å². The Morgan fingerprint density at radius 2 is 2.00 bits per heavy atom. The van der Waals surface area contributed by atoms with E-state index in [2.05, 4.69) is 10.00 Å². The van der Waals surface area contributed by atoms with Gasteiger partial charge in [-0.2, -0.15) is 5.10 Å². The highest BCUT2D eigenvalue weighted by Gasteiger charge is 2.36. The molecule has 0 unspecified atom stereocenters. The molecule has 2 aliphatic heterocycles. The molecule has 1 aromatic heterocycles. The summed E-state index contributed by atoms with van der Waals surface area (Å²) in [5.41, 5.74) is 1.47. The number of rotatable bonds is 5. The second-order valence-corrected chi connectivity index (χ2v) is 7.79. The topological polar surface area (TPSA) is 70.9 Å². The largest absolute Gasteiger partial charge is 0.383 e. The predicted molar refractivity (Wildman–Crippen MR) is 110 cm³/mol. The van der Waals surface area contributed by atoms with Crippen LogP contribution in [0.5, 0.6) is 0 Å². The van der Waals surface area contributed by atoms with Crippen molar-refractivity contribution in [3.63, 3.8) is 0 Å². The third-order valence-corrected chi connectivity index (χ3v) is 6.05. The van der Waals surface area contributed by atoms with Gasteiger partial charge in [0.05, 0.1) is 18.2 Å². The molecule has 0 bridgehead atoms. The molecule has 0 saturated carbocycles. The van der Waals surface area contributed by atoms with E-state index in [0.717, 1.165) is 36.8 Å². The monoisotopic (exact) mass is 399 g/mol. The summed E-state index contributed by atoms with van der Waals surface area (Å²) >= 11 is 0. The maximum Gasteiger partial charge on any atom is 0.275 e. The Hall–Kier alpha value is -2.45. The number of fused-ring (bicyclic) bond motifs is 1. The zero-order valence-corrected chi connectivity index (χ0v) is 17.2. The molecule has 8 heteroatoms. The van der Waals surface area contributed by atoms with Crippen LogP contribution in [0.25, 0.3) is 10.9 Å². The predicted octanol–water partition coefficient (Wildman–Crippen LogP) is 0.969. The van der Waals surface area contributed by atoms with Crippen LogP contribution in [0.4, 0.5) is 0 Å². The van der Waals surface area contributed by atoms with Crippen LogP contribution in [0.3, 0.4) is 0 Å². The molecule has 0 radical (unpaired) electrons. The molecule has 2 aliphatic rings. The first kappa shape index (κ1) is 19.8. The Morgan fingerprint density at radius 3 is 2.83 bits per heavy atom. The van der Waals surface area contributed by atoms with Gasteiger partial charge in [-0.05, 0) is 18.9 Å². The zero-order chi connectivity index (χ0) is 20.4. The summed E-state index contributed by atoms with van der Waals surface area (Å²) in [6.07, 6.45) is 1.71. The number of ether oxygens (including phenoxy) is 1. The molecule has 29 heavy (non-hydrogen) atoms. The van der Waals surface area contributed by atoms with Crippen molar-refractivity contribution >= 4 is 22.7 Å². The highest BCUT2D eigenvalue weighted by atomic mass is 16.5. The maximum absolute atomic E-state index is 13.2. The summed E-state index contributed by atoms with van der Waals surface area (Å²) in [4.78, 5) is 32.0. The fourth-order valence-corrected chi connectivity index (χ4v) is 4.46. The lowest BCUT2D eigenvalue weighted by Gasteiger charge is -2.26. The van der Waals surface area contributed by atoms with Crippen LogP contribution < -0.4 is 0 Å². The molecule has 2 fully saturated rings. The number of para-hydroxylation sites is 1. The van der Waals surface area contributed by atoms with Gasteiger partial charge in [0.25, 0.3) is 5.91 Å². The molecule has 2 aromatic rings. The van der Waals surface area contributed by atoms with E-state index < -0.39 is 0 Å². The highest BCUT2D eigenvalue weighted by Crippen LogP contribution is 2.22. The summed E-state index contributed by atoms with van der Waals surface area (Å²) in [6, 6.07) is 7.75. The van der Waals surface area contributed by atoms with Gasteiger partial charge >= 0.3 is 0 Å². The SMILES string of the molecule is COCCN1CC[C@H](N2CCCN(C(=O)c3nn(C)c4ccccc34)CC2)C1=O. The average Bonchev–Trinajstić information content (AvgIpc) is 3.15. The summed E-state index contributed by atoms with van der Waals surface area (Å²) in [7, 11) is 3.52. The number of carbonyl (C=O) groups excluding carboxylic acids is 2. The van der Waals surface area contributed by atoms with Gasteiger partial charge in [0.2, 0.25) is 5.91 Å². The van der Waals surface area contributed by atoms with Crippen LogP contribution in [-0.2, 0) is 16.6 Å². The number of amides is 2. The number of likely N-dealkylation sites (tertiary alicyclic amines) is 1. The number of hydrogen-bond acceptors (Lipinski definition) is 5. The smallest absolute Gasteiger partial charge is 0.275 e. The van der Waals surface area contributed by atoms with Gasteiger partial charge in [-0.15, -0.1) is 0 Å². The van der Waals surface area contributed by atoms with Crippen LogP contribution in [-0.4, -0.2) is 95.3 Å². The summed E-state index contributed by atoms with van der Waals surface area (Å²) < 4.78 is 6.87. The Balaban J connectivity index is 1.42. The van der Waals surface area contributed by atoms with Crippen molar-refractivity contribution in [3.8, 4) is 0 Å². The first-order valence-electron chi connectivity index (χ1n) is 10.3. The van der Waals surface area contributed by atoms with Crippen molar-refractivity contribution in [1.82, 2.24) is 24.5 Å². The molecule has 2 amide bonds. The number of nitrogens with zero attached hydrogens (tertiary/aromatic N) is 5. The molecule has 3 heterocycles. The van der Waals surface area contributed by atoms with Gasteiger partial charge in [-0.25, -0.2) is 0 Å². The molecule has 8 nitrogen and oxygen atoms in total. The number of aryl methyl sites for hydroxylation is 1. The number of benzene rings is 1. The van der Waals surface area contributed by atoms with E-state index in [4.69, 9.17) is 4.74 Å². The quantitative estimate of drug-likeness (QED) is 0.749. The van der Waals surface area contributed by atoms with Crippen molar-refractivity contribution in [2.24, 2.45) is 7.05 Å². The van der Waals surface area contributed by atoms with Crippen molar-refractivity contribution in [2.45, 2.75) is 18.9 Å². The average molecular weight is 399 g/mol. The van der Waals surface area contributed by atoms with E-state index in [1.54, 1.807) is 11.8 Å². The van der Waals surface area contributed by atoms with Crippen molar-refractivity contribution in [2.75, 3.05) is 53.0 Å². The van der Waals surface area contributed by atoms with Gasteiger partial charge in [-0.3, -0.25) is 19.2 Å². The Labute approximate surface area is 171 Å². The lowest BCUT2D eigenvalue weighted by molar-refractivity contribution is -0.132. The lowest BCUT2D eigenvalue weighted by Crippen LogP contribution is -2.44. The maximum atomic E-state index is 13.2. The number of aromatic nitrogens is 2. The summed E-state index contributed by atoms with van der Waals surface area (Å²) in [5, 5.41) is 5.37.